The van der Waals surface area contributed by atoms with Crippen molar-refractivity contribution in [3.05, 3.63) is 48.9 Å². The van der Waals surface area contributed by atoms with Gasteiger partial charge < -0.3 is 4.90 Å². The molecule has 0 N–H and O–H groups in total. The van der Waals surface area contributed by atoms with Crippen LogP contribution in [0.4, 0.5) is 5.69 Å². The smallest absolute Gasteiger partial charge is 0.107 e. The van der Waals surface area contributed by atoms with E-state index in [4.69, 9.17) is 0 Å². The second kappa shape index (κ2) is 4.65. The summed E-state index contributed by atoms with van der Waals surface area (Å²) in [5, 5.41) is 0. The topological polar surface area (TPSA) is 41.9 Å². The van der Waals surface area contributed by atoms with Gasteiger partial charge in [0.25, 0.3) is 0 Å². The van der Waals surface area contributed by atoms with E-state index in [2.05, 4.69) is 44.1 Å². The Labute approximate surface area is 111 Å². The first-order chi connectivity index (χ1) is 9.24. The van der Waals surface area contributed by atoms with Crippen LogP contribution in [0.2, 0.25) is 0 Å². The van der Waals surface area contributed by atoms with Crippen molar-refractivity contribution in [1.29, 1.82) is 0 Å². The fraction of sp³-hybridized carbons (Fsp3) is 0.133. The van der Waals surface area contributed by atoms with Gasteiger partial charge in [-0.3, -0.25) is 15.0 Å². The maximum atomic E-state index is 4.44. The van der Waals surface area contributed by atoms with Crippen LogP contribution in [-0.2, 0) is 0 Å². The molecule has 0 saturated heterocycles. The van der Waals surface area contributed by atoms with E-state index >= 15 is 0 Å². The Kier molecular flexibility index (Phi) is 2.83. The van der Waals surface area contributed by atoms with Gasteiger partial charge in [0.1, 0.15) is 5.52 Å². The summed E-state index contributed by atoms with van der Waals surface area (Å²) in [6, 6.07) is 10.3. The van der Waals surface area contributed by atoms with Crippen LogP contribution in [0.1, 0.15) is 0 Å². The lowest BCUT2D eigenvalue weighted by molar-refractivity contribution is 1.13. The van der Waals surface area contributed by atoms with Crippen LogP contribution in [0.5, 0.6) is 0 Å². The first-order valence-corrected chi connectivity index (χ1v) is 6.08. The minimum atomic E-state index is 0.816. The van der Waals surface area contributed by atoms with E-state index in [9.17, 15) is 0 Å². The highest BCUT2D eigenvalue weighted by molar-refractivity contribution is 5.78. The average Bonchev–Trinajstić information content (AvgIpc) is 2.47. The van der Waals surface area contributed by atoms with Gasteiger partial charge in [-0.05, 0) is 18.2 Å². The highest BCUT2D eigenvalue weighted by Crippen LogP contribution is 2.22. The third kappa shape index (κ3) is 2.25. The molecule has 4 heteroatoms. The molecule has 0 atom stereocenters. The normalized spacial score (nSPS) is 10.6. The summed E-state index contributed by atoms with van der Waals surface area (Å²) >= 11 is 0. The Balaban J connectivity index is 2.03. The number of aromatic nitrogens is 3. The third-order valence-electron chi connectivity index (χ3n) is 3.04. The summed E-state index contributed by atoms with van der Waals surface area (Å²) in [5.74, 6) is 0. The molecule has 0 fully saturated rings. The monoisotopic (exact) mass is 250 g/mol. The Hall–Kier alpha value is -2.49. The molecule has 4 nitrogen and oxygen atoms in total. The summed E-state index contributed by atoms with van der Waals surface area (Å²) in [5.41, 5.74) is 4.85. The second-order valence-corrected chi connectivity index (χ2v) is 4.56. The summed E-state index contributed by atoms with van der Waals surface area (Å²) < 4.78 is 0. The number of pyridine rings is 1. The minimum Gasteiger partial charge on any atom is -0.378 e. The molecule has 94 valence electrons. The van der Waals surface area contributed by atoms with Gasteiger partial charge in [-0.15, -0.1) is 0 Å². The quantitative estimate of drug-likeness (QED) is 0.701. The standard InChI is InChI=1S/C15H14N4/c1-19(2)12-5-3-11(4-6-12)13-9-14-15(10-18-13)17-8-7-16-14/h3-10H,1-2H3. The highest BCUT2D eigenvalue weighted by Gasteiger charge is 2.03. The fourth-order valence-corrected chi connectivity index (χ4v) is 1.96. The van der Waals surface area contributed by atoms with E-state index in [-0.39, 0.29) is 0 Å². The van der Waals surface area contributed by atoms with Gasteiger partial charge in [0.05, 0.1) is 17.4 Å². The molecular formula is C15H14N4. The van der Waals surface area contributed by atoms with E-state index in [1.54, 1.807) is 18.6 Å². The molecule has 0 unspecified atom stereocenters. The zero-order valence-corrected chi connectivity index (χ0v) is 10.9. The predicted molar refractivity (Wildman–Crippen MR) is 77.1 cm³/mol. The van der Waals surface area contributed by atoms with Crippen LogP contribution in [0, 0.1) is 0 Å². The number of hydrogen-bond acceptors (Lipinski definition) is 4. The molecule has 2 heterocycles. The molecule has 0 aliphatic carbocycles. The van der Waals surface area contributed by atoms with Gasteiger partial charge >= 0.3 is 0 Å². The van der Waals surface area contributed by atoms with Gasteiger partial charge in [-0.2, -0.15) is 0 Å². The predicted octanol–water partition coefficient (Wildman–Crippen LogP) is 2.76. The van der Waals surface area contributed by atoms with Crippen LogP contribution in [0.3, 0.4) is 0 Å². The SMILES string of the molecule is CN(C)c1ccc(-c2cc3nccnc3cn2)cc1. The molecule has 0 saturated carbocycles. The molecular weight excluding hydrogens is 236 g/mol. The lowest BCUT2D eigenvalue weighted by atomic mass is 10.1. The summed E-state index contributed by atoms with van der Waals surface area (Å²) in [6.45, 7) is 0. The number of anilines is 1. The van der Waals surface area contributed by atoms with Crippen LogP contribution in [-0.4, -0.2) is 29.0 Å². The Morgan fingerprint density at radius 2 is 1.53 bits per heavy atom. The summed E-state index contributed by atoms with van der Waals surface area (Å²) in [6.07, 6.45) is 5.13. The van der Waals surface area contributed by atoms with Crippen LogP contribution in [0.15, 0.2) is 48.9 Å². The molecule has 3 aromatic rings. The number of nitrogens with zero attached hydrogens (tertiary/aromatic N) is 4. The fourth-order valence-electron chi connectivity index (χ4n) is 1.96. The van der Waals surface area contributed by atoms with E-state index in [0.29, 0.717) is 0 Å². The molecule has 0 aliphatic rings. The zero-order valence-electron chi connectivity index (χ0n) is 10.9. The summed E-state index contributed by atoms with van der Waals surface area (Å²) in [4.78, 5) is 15.0. The van der Waals surface area contributed by atoms with Crippen molar-refractivity contribution < 1.29 is 0 Å². The van der Waals surface area contributed by atoms with Gasteiger partial charge in [0.15, 0.2) is 0 Å². The van der Waals surface area contributed by atoms with Crippen LogP contribution < -0.4 is 4.90 Å². The highest BCUT2D eigenvalue weighted by atomic mass is 15.1. The van der Waals surface area contributed by atoms with E-state index in [0.717, 1.165) is 22.3 Å². The van der Waals surface area contributed by atoms with Crippen molar-refractivity contribution in [2.24, 2.45) is 0 Å². The molecule has 0 spiro atoms. The third-order valence-corrected chi connectivity index (χ3v) is 3.04. The minimum absolute atomic E-state index is 0.816. The zero-order chi connectivity index (χ0) is 13.2. The van der Waals surface area contributed by atoms with Gasteiger partial charge in [0.2, 0.25) is 0 Å². The van der Waals surface area contributed by atoms with Crippen molar-refractivity contribution in [1.82, 2.24) is 15.0 Å². The number of fused-ring (bicyclic) bond motifs is 1. The lowest BCUT2D eigenvalue weighted by Gasteiger charge is -2.12. The first-order valence-electron chi connectivity index (χ1n) is 6.08. The molecule has 0 bridgehead atoms. The first kappa shape index (κ1) is 11.6. The largest absolute Gasteiger partial charge is 0.378 e. The van der Waals surface area contributed by atoms with E-state index in [1.165, 1.54) is 5.69 Å². The van der Waals surface area contributed by atoms with Gasteiger partial charge in [-0.1, -0.05) is 12.1 Å². The van der Waals surface area contributed by atoms with Crippen molar-refractivity contribution in [3.63, 3.8) is 0 Å². The van der Waals surface area contributed by atoms with Crippen LogP contribution in [0.25, 0.3) is 22.3 Å². The van der Waals surface area contributed by atoms with Crippen molar-refractivity contribution in [3.8, 4) is 11.3 Å². The second-order valence-electron chi connectivity index (χ2n) is 4.56. The van der Waals surface area contributed by atoms with Crippen molar-refractivity contribution in [2.75, 3.05) is 19.0 Å². The molecule has 0 aliphatic heterocycles. The van der Waals surface area contributed by atoms with Crippen molar-refractivity contribution in [2.45, 2.75) is 0 Å². The molecule has 0 amide bonds. The number of rotatable bonds is 2. The van der Waals surface area contributed by atoms with E-state index in [1.807, 2.05) is 20.2 Å². The molecule has 2 aromatic heterocycles. The molecule has 0 radical (unpaired) electrons. The number of benzene rings is 1. The summed E-state index contributed by atoms with van der Waals surface area (Å²) in [7, 11) is 4.05. The van der Waals surface area contributed by atoms with Gasteiger partial charge in [0, 0.05) is 37.7 Å². The Morgan fingerprint density at radius 1 is 0.842 bits per heavy atom. The average molecular weight is 250 g/mol. The maximum Gasteiger partial charge on any atom is 0.107 e. The molecule has 1 aromatic carbocycles. The van der Waals surface area contributed by atoms with Crippen LogP contribution >= 0.6 is 0 Å². The van der Waals surface area contributed by atoms with E-state index < -0.39 is 0 Å². The lowest BCUT2D eigenvalue weighted by Crippen LogP contribution is -2.07. The molecule has 3 rings (SSSR count). The maximum absolute atomic E-state index is 4.44. The number of hydrogen-bond donors (Lipinski definition) is 0. The molecule has 19 heavy (non-hydrogen) atoms. The Morgan fingerprint density at radius 3 is 2.21 bits per heavy atom. The Bertz CT molecular complexity index is 705. The van der Waals surface area contributed by atoms with Gasteiger partial charge in [-0.25, -0.2) is 0 Å². The van der Waals surface area contributed by atoms with Crippen molar-refractivity contribution >= 4 is 16.7 Å².